The van der Waals surface area contributed by atoms with Crippen LogP contribution in [0.3, 0.4) is 0 Å². The lowest BCUT2D eigenvalue weighted by Gasteiger charge is -2.20. The summed E-state index contributed by atoms with van der Waals surface area (Å²) in [6.07, 6.45) is 1.83. The minimum atomic E-state index is -1.43. The van der Waals surface area contributed by atoms with Crippen molar-refractivity contribution in [3.8, 4) is 0 Å². The van der Waals surface area contributed by atoms with Crippen LogP contribution in [0, 0.1) is 5.82 Å². The molecule has 0 aliphatic carbocycles. The number of pyridine rings is 1. The molecule has 24 heavy (non-hydrogen) atoms. The van der Waals surface area contributed by atoms with Crippen LogP contribution in [-0.2, 0) is 6.54 Å². The van der Waals surface area contributed by atoms with E-state index in [1.807, 2.05) is 0 Å². The third kappa shape index (κ3) is 2.73. The van der Waals surface area contributed by atoms with Crippen molar-refractivity contribution in [2.75, 3.05) is 24.7 Å². The van der Waals surface area contributed by atoms with Crippen molar-refractivity contribution in [3.05, 3.63) is 39.9 Å². The fourth-order valence-corrected chi connectivity index (χ4v) is 3.08. The van der Waals surface area contributed by atoms with Gasteiger partial charge in [0.25, 0.3) is 0 Å². The van der Waals surface area contributed by atoms with Gasteiger partial charge >= 0.3 is 5.97 Å². The van der Waals surface area contributed by atoms with Crippen molar-refractivity contribution in [2.24, 2.45) is 5.73 Å². The van der Waals surface area contributed by atoms with Crippen LogP contribution in [0.2, 0.25) is 0 Å². The highest BCUT2D eigenvalue weighted by atomic mass is 19.1. The predicted octanol–water partition coefficient (Wildman–Crippen LogP) is 1.35. The number of alkyl halides is 1. The fraction of sp³-hybridized carbons (Fsp3) is 0.375. The molecule has 8 heteroatoms. The molecule has 1 aromatic carbocycles. The maximum absolute atomic E-state index is 14.5. The normalized spacial score (nSPS) is 17.6. The quantitative estimate of drug-likeness (QED) is 0.879. The van der Waals surface area contributed by atoms with E-state index in [9.17, 15) is 18.4 Å². The van der Waals surface area contributed by atoms with Crippen molar-refractivity contribution >= 4 is 22.6 Å². The molecule has 0 saturated carbocycles. The van der Waals surface area contributed by atoms with E-state index in [1.165, 1.54) is 10.6 Å². The van der Waals surface area contributed by atoms with Gasteiger partial charge in [-0.15, -0.1) is 0 Å². The van der Waals surface area contributed by atoms with Gasteiger partial charge < -0.3 is 20.3 Å². The standard InChI is InChI=1S/C16H17F2N3O3/c17-2-4-21-8-11(16(23)24)15(22)10-5-12(18)14(6-13(10)21)20-3-1-9(19)7-20/h5-6,8-9H,1-4,7,19H2,(H,23,24). The van der Waals surface area contributed by atoms with Gasteiger partial charge in [0.2, 0.25) is 5.43 Å². The lowest BCUT2D eigenvalue weighted by molar-refractivity contribution is 0.0694. The number of anilines is 1. The summed E-state index contributed by atoms with van der Waals surface area (Å²) in [5.74, 6) is -2.05. The molecule has 0 amide bonds. The number of halogens is 2. The number of carbonyl (C=O) groups is 1. The Morgan fingerprint density at radius 2 is 2.17 bits per heavy atom. The zero-order valence-electron chi connectivity index (χ0n) is 12.8. The van der Waals surface area contributed by atoms with Crippen LogP contribution >= 0.6 is 0 Å². The number of nitrogens with zero attached hydrogens (tertiary/aromatic N) is 2. The van der Waals surface area contributed by atoms with Gasteiger partial charge in [0.15, 0.2) is 0 Å². The van der Waals surface area contributed by atoms with Crippen molar-refractivity contribution in [3.63, 3.8) is 0 Å². The highest BCUT2D eigenvalue weighted by molar-refractivity contribution is 5.93. The summed E-state index contributed by atoms with van der Waals surface area (Å²) >= 11 is 0. The number of carboxylic acid groups (broad SMARTS) is 1. The SMILES string of the molecule is NC1CCN(c2cc3c(cc2F)c(=O)c(C(=O)O)cn3CCF)C1. The van der Waals surface area contributed by atoms with E-state index in [0.717, 1.165) is 18.7 Å². The summed E-state index contributed by atoms with van der Waals surface area (Å²) in [6.45, 7) is 0.215. The van der Waals surface area contributed by atoms with E-state index in [1.54, 1.807) is 4.90 Å². The molecule has 6 nitrogen and oxygen atoms in total. The summed E-state index contributed by atoms with van der Waals surface area (Å²) in [4.78, 5) is 25.2. The molecule has 3 N–H and O–H groups in total. The molecule has 1 aromatic heterocycles. The Labute approximate surface area is 136 Å². The monoisotopic (exact) mass is 337 g/mol. The number of hydrogen-bond acceptors (Lipinski definition) is 4. The Morgan fingerprint density at radius 3 is 2.75 bits per heavy atom. The number of carboxylic acids is 1. The number of aryl methyl sites for hydroxylation is 1. The van der Waals surface area contributed by atoms with Crippen LogP contribution in [-0.4, -0.2) is 41.4 Å². The zero-order valence-corrected chi connectivity index (χ0v) is 12.8. The van der Waals surface area contributed by atoms with Gasteiger partial charge in [0.05, 0.1) is 17.7 Å². The second kappa shape index (κ2) is 6.20. The number of rotatable bonds is 4. The van der Waals surface area contributed by atoms with E-state index in [2.05, 4.69) is 0 Å². The molecule has 1 unspecified atom stereocenters. The molecule has 0 bridgehead atoms. The van der Waals surface area contributed by atoms with Crippen molar-refractivity contribution in [2.45, 2.75) is 19.0 Å². The van der Waals surface area contributed by atoms with Gasteiger partial charge in [-0.1, -0.05) is 0 Å². The molecule has 2 aromatic rings. The van der Waals surface area contributed by atoms with Gasteiger partial charge in [-0.25, -0.2) is 13.6 Å². The molecule has 2 heterocycles. The van der Waals surface area contributed by atoms with E-state index < -0.39 is 29.5 Å². The number of benzene rings is 1. The van der Waals surface area contributed by atoms with Crippen molar-refractivity contribution in [1.82, 2.24) is 4.57 Å². The predicted molar refractivity (Wildman–Crippen MR) is 85.9 cm³/mol. The molecule has 1 saturated heterocycles. The maximum atomic E-state index is 14.5. The lowest BCUT2D eigenvalue weighted by Crippen LogP contribution is -2.27. The van der Waals surface area contributed by atoms with E-state index >= 15 is 0 Å². The summed E-state index contributed by atoms with van der Waals surface area (Å²) in [6, 6.07) is 2.44. The highest BCUT2D eigenvalue weighted by Crippen LogP contribution is 2.27. The summed E-state index contributed by atoms with van der Waals surface area (Å²) in [5, 5.41) is 9.04. The Bertz CT molecular complexity index is 866. The minimum Gasteiger partial charge on any atom is -0.477 e. The van der Waals surface area contributed by atoms with Gasteiger partial charge in [-0.2, -0.15) is 0 Å². The number of aromatic nitrogens is 1. The van der Waals surface area contributed by atoms with Gasteiger partial charge in [-0.05, 0) is 18.6 Å². The largest absolute Gasteiger partial charge is 0.477 e. The molecule has 1 atom stereocenters. The Hall–Kier alpha value is -2.48. The molecule has 1 aliphatic rings. The molecule has 128 valence electrons. The van der Waals surface area contributed by atoms with E-state index in [0.29, 0.717) is 18.6 Å². The average molecular weight is 337 g/mol. The Kier molecular flexibility index (Phi) is 4.23. The smallest absolute Gasteiger partial charge is 0.341 e. The van der Waals surface area contributed by atoms with Crippen LogP contribution in [0.15, 0.2) is 23.1 Å². The second-order valence-electron chi connectivity index (χ2n) is 5.87. The fourth-order valence-electron chi connectivity index (χ4n) is 3.08. The van der Waals surface area contributed by atoms with Crippen molar-refractivity contribution in [1.29, 1.82) is 0 Å². The molecule has 3 rings (SSSR count). The van der Waals surface area contributed by atoms with Crippen LogP contribution in [0.1, 0.15) is 16.8 Å². The Balaban J connectivity index is 2.24. The molecule has 1 aliphatic heterocycles. The molecule has 0 radical (unpaired) electrons. The topological polar surface area (TPSA) is 88.6 Å². The number of nitrogens with two attached hydrogens (primary N) is 1. The Morgan fingerprint density at radius 1 is 1.42 bits per heavy atom. The first kappa shape index (κ1) is 16.4. The van der Waals surface area contributed by atoms with Gasteiger partial charge in [0.1, 0.15) is 18.1 Å². The van der Waals surface area contributed by atoms with Crippen LogP contribution in [0.25, 0.3) is 10.9 Å². The van der Waals surface area contributed by atoms with E-state index in [-0.39, 0.29) is 23.7 Å². The summed E-state index contributed by atoms with van der Waals surface area (Å²) < 4.78 is 28.6. The summed E-state index contributed by atoms with van der Waals surface area (Å²) in [5.41, 5.74) is 5.14. The minimum absolute atomic E-state index is 0.0532. The number of fused-ring (bicyclic) bond motifs is 1. The highest BCUT2D eigenvalue weighted by Gasteiger charge is 2.24. The first-order chi connectivity index (χ1) is 11.4. The lowest BCUT2D eigenvalue weighted by atomic mass is 10.1. The van der Waals surface area contributed by atoms with Crippen molar-refractivity contribution < 1.29 is 18.7 Å². The third-order valence-electron chi connectivity index (χ3n) is 4.27. The zero-order chi connectivity index (χ0) is 17.4. The molecule has 0 spiro atoms. The van der Waals surface area contributed by atoms with E-state index in [4.69, 9.17) is 10.8 Å². The summed E-state index contributed by atoms with van der Waals surface area (Å²) in [7, 11) is 0. The molecular weight excluding hydrogens is 320 g/mol. The molecular formula is C16H17F2N3O3. The maximum Gasteiger partial charge on any atom is 0.341 e. The average Bonchev–Trinajstić information content (AvgIpc) is 2.96. The second-order valence-corrected chi connectivity index (χ2v) is 5.87. The number of hydrogen-bond donors (Lipinski definition) is 2. The van der Waals surface area contributed by atoms with Gasteiger partial charge in [0, 0.05) is 30.7 Å². The third-order valence-corrected chi connectivity index (χ3v) is 4.27. The van der Waals surface area contributed by atoms with Gasteiger partial charge in [-0.3, -0.25) is 4.79 Å². The first-order valence-corrected chi connectivity index (χ1v) is 7.59. The van der Waals surface area contributed by atoms with Crippen LogP contribution in [0.5, 0.6) is 0 Å². The molecule has 1 fully saturated rings. The van der Waals surface area contributed by atoms with Crippen LogP contribution in [0.4, 0.5) is 14.5 Å². The first-order valence-electron chi connectivity index (χ1n) is 7.59. The number of aromatic carboxylic acids is 1. The van der Waals surface area contributed by atoms with Crippen LogP contribution < -0.4 is 16.1 Å².